The zero-order valence-electron chi connectivity index (χ0n) is 9.55. The van der Waals surface area contributed by atoms with Crippen LogP contribution in [0.25, 0.3) is 0 Å². The van der Waals surface area contributed by atoms with Crippen LogP contribution < -0.4 is 5.32 Å². The first-order chi connectivity index (χ1) is 6.50. The number of thioether (sulfide) groups is 1. The number of rotatable bonds is 8. The molecule has 84 valence electrons. The second-order valence-corrected chi connectivity index (χ2v) is 5.20. The molecule has 0 aromatic carbocycles. The van der Waals surface area contributed by atoms with Crippen LogP contribution in [0, 0.1) is 5.92 Å². The second kappa shape index (κ2) is 7.32. The average molecular weight is 217 g/mol. The maximum atomic E-state index is 9.91. The standard InChI is InChI=1S/C11H23NOS/c1-5-7-14-8-6-12-9-11(4,13)10(2)3/h5,10,12-13H,1,6-9H2,2-4H3. The molecule has 0 saturated carbocycles. The van der Waals surface area contributed by atoms with Crippen LogP contribution in [0.3, 0.4) is 0 Å². The van der Waals surface area contributed by atoms with Crippen LogP contribution in [0.4, 0.5) is 0 Å². The molecule has 0 bridgehead atoms. The third kappa shape index (κ3) is 6.46. The van der Waals surface area contributed by atoms with Crippen LogP contribution >= 0.6 is 11.8 Å². The van der Waals surface area contributed by atoms with Crippen molar-refractivity contribution >= 4 is 11.8 Å². The number of hydrogen-bond donors (Lipinski definition) is 2. The second-order valence-electron chi connectivity index (χ2n) is 4.05. The van der Waals surface area contributed by atoms with Gasteiger partial charge in [-0.2, -0.15) is 11.8 Å². The van der Waals surface area contributed by atoms with E-state index < -0.39 is 5.60 Å². The Hall–Kier alpha value is 0.01000. The van der Waals surface area contributed by atoms with Crippen molar-refractivity contribution in [1.29, 1.82) is 0 Å². The van der Waals surface area contributed by atoms with Gasteiger partial charge in [-0.25, -0.2) is 0 Å². The molecule has 0 saturated heterocycles. The van der Waals surface area contributed by atoms with Gasteiger partial charge in [0.15, 0.2) is 0 Å². The molecule has 2 N–H and O–H groups in total. The van der Waals surface area contributed by atoms with Gasteiger partial charge in [0.25, 0.3) is 0 Å². The Morgan fingerprint density at radius 3 is 2.71 bits per heavy atom. The lowest BCUT2D eigenvalue weighted by atomic mass is 9.93. The topological polar surface area (TPSA) is 32.3 Å². The SMILES string of the molecule is C=CCSCCNCC(C)(O)C(C)C. The van der Waals surface area contributed by atoms with E-state index in [9.17, 15) is 5.11 Å². The molecule has 0 rings (SSSR count). The van der Waals surface area contributed by atoms with Crippen LogP contribution in [-0.4, -0.2) is 35.3 Å². The van der Waals surface area contributed by atoms with Gasteiger partial charge in [0, 0.05) is 24.6 Å². The van der Waals surface area contributed by atoms with Crippen molar-refractivity contribution in [2.24, 2.45) is 5.92 Å². The summed E-state index contributed by atoms with van der Waals surface area (Å²) >= 11 is 1.85. The van der Waals surface area contributed by atoms with E-state index in [4.69, 9.17) is 0 Å². The van der Waals surface area contributed by atoms with E-state index in [-0.39, 0.29) is 5.92 Å². The predicted molar refractivity (Wildman–Crippen MR) is 65.9 cm³/mol. The van der Waals surface area contributed by atoms with Gasteiger partial charge in [0.05, 0.1) is 5.60 Å². The first-order valence-electron chi connectivity index (χ1n) is 5.12. The average Bonchev–Trinajstić information content (AvgIpc) is 2.10. The largest absolute Gasteiger partial charge is 0.389 e. The molecular weight excluding hydrogens is 194 g/mol. The highest BCUT2D eigenvalue weighted by Gasteiger charge is 2.23. The van der Waals surface area contributed by atoms with Crippen molar-refractivity contribution in [2.45, 2.75) is 26.4 Å². The van der Waals surface area contributed by atoms with E-state index >= 15 is 0 Å². The van der Waals surface area contributed by atoms with Gasteiger partial charge in [-0.3, -0.25) is 0 Å². The number of aliphatic hydroxyl groups is 1. The molecule has 0 spiro atoms. The highest BCUT2D eigenvalue weighted by atomic mass is 32.2. The van der Waals surface area contributed by atoms with Crippen LogP contribution in [-0.2, 0) is 0 Å². The Morgan fingerprint density at radius 1 is 1.57 bits per heavy atom. The van der Waals surface area contributed by atoms with Gasteiger partial charge in [-0.1, -0.05) is 19.9 Å². The molecule has 2 nitrogen and oxygen atoms in total. The summed E-state index contributed by atoms with van der Waals surface area (Å²) in [6.07, 6.45) is 1.91. The molecular formula is C11H23NOS. The molecule has 3 heteroatoms. The molecule has 0 aliphatic carbocycles. The lowest BCUT2D eigenvalue weighted by Crippen LogP contribution is -2.42. The predicted octanol–water partition coefficient (Wildman–Crippen LogP) is 1.90. The van der Waals surface area contributed by atoms with Gasteiger partial charge < -0.3 is 10.4 Å². The number of nitrogens with one attached hydrogen (secondary N) is 1. The smallest absolute Gasteiger partial charge is 0.0766 e. The molecule has 0 aliphatic rings. The first kappa shape index (κ1) is 14.0. The fourth-order valence-corrected chi connectivity index (χ4v) is 1.48. The summed E-state index contributed by atoms with van der Waals surface area (Å²) in [5, 5.41) is 13.2. The van der Waals surface area contributed by atoms with E-state index in [1.807, 2.05) is 38.6 Å². The zero-order valence-corrected chi connectivity index (χ0v) is 10.4. The van der Waals surface area contributed by atoms with Crippen molar-refractivity contribution in [1.82, 2.24) is 5.32 Å². The quantitative estimate of drug-likeness (QED) is 0.481. The highest BCUT2D eigenvalue weighted by Crippen LogP contribution is 2.14. The Kier molecular flexibility index (Phi) is 7.33. The van der Waals surface area contributed by atoms with Crippen LogP contribution in [0.5, 0.6) is 0 Å². The minimum Gasteiger partial charge on any atom is -0.389 e. The van der Waals surface area contributed by atoms with Gasteiger partial charge in [0.1, 0.15) is 0 Å². The minimum atomic E-state index is -0.594. The summed E-state index contributed by atoms with van der Waals surface area (Å²) in [5.74, 6) is 2.36. The van der Waals surface area contributed by atoms with Gasteiger partial charge in [-0.15, -0.1) is 6.58 Å². The maximum Gasteiger partial charge on any atom is 0.0766 e. The van der Waals surface area contributed by atoms with Gasteiger partial charge in [0.2, 0.25) is 0 Å². The monoisotopic (exact) mass is 217 g/mol. The van der Waals surface area contributed by atoms with Crippen LogP contribution in [0.2, 0.25) is 0 Å². The molecule has 0 amide bonds. The van der Waals surface area contributed by atoms with Crippen molar-refractivity contribution in [3.63, 3.8) is 0 Å². The van der Waals surface area contributed by atoms with E-state index in [2.05, 4.69) is 11.9 Å². The molecule has 1 unspecified atom stereocenters. The summed E-state index contributed by atoms with van der Waals surface area (Å²) in [5.41, 5.74) is -0.594. The molecule has 0 aliphatic heterocycles. The Morgan fingerprint density at radius 2 is 2.21 bits per heavy atom. The Balaban J connectivity index is 3.39. The first-order valence-corrected chi connectivity index (χ1v) is 6.28. The Labute approximate surface area is 92.2 Å². The van der Waals surface area contributed by atoms with Gasteiger partial charge in [-0.05, 0) is 12.8 Å². The molecule has 0 aromatic heterocycles. The normalized spacial score (nSPS) is 15.5. The van der Waals surface area contributed by atoms with E-state index in [1.165, 1.54) is 0 Å². The van der Waals surface area contributed by atoms with Crippen LogP contribution in [0.15, 0.2) is 12.7 Å². The lowest BCUT2D eigenvalue weighted by Gasteiger charge is -2.27. The van der Waals surface area contributed by atoms with Crippen molar-refractivity contribution < 1.29 is 5.11 Å². The van der Waals surface area contributed by atoms with Crippen molar-refractivity contribution in [3.8, 4) is 0 Å². The summed E-state index contributed by atoms with van der Waals surface area (Å²) in [7, 11) is 0. The molecule has 0 heterocycles. The lowest BCUT2D eigenvalue weighted by molar-refractivity contribution is 0.0148. The van der Waals surface area contributed by atoms with Crippen molar-refractivity contribution in [2.75, 3.05) is 24.6 Å². The van der Waals surface area contributed by atoms with Crippen molar-refractivity contribution in [3.05, 3.63) is 12.7 Å². The molecule has 0 radical (unpaired) electrons. The molecule has 0 fully saturated rings. The summed E-state index contributed by atoms with van der Waals surface area (Å²) in [6, 6.07) is 0. The minimum absolute atomic E-state index is 0.288. The summed E-state index contributed by atoms with van der Waals surface area (Å²) in [6.45, 7) is 11.2. The molecule has 0 aromatic rings. The summed E-state index contributed by atoms with van der Waals surface area (Å²) in [4.78, 5) is 0. The Bertz CT molecular complexity index is 157. The van der Waals surface area contributed by atoms with E-state index in [0.29, 0.717) is 6.54 Å². The van der Waals surface area contributed by atoms with Crippen LogP contribution in [0.1, 0.15) is 20.8 Å². The highest BCUT2D eigenvalue weighted by molar-refractivity contribution is 7.99. The van der Waals surface area contributed by atoms with Gasteiger partial charge >= 0.3 is 0 Å². The molecule has 14 heavy (non-hydrogen) atoms. The fraction of sp³-hybridized carbons (Fsp3) is 0.818. The molecule has 1 atom stereocenters. The third-order valence-corrected chi connectivity index (χ3v) is 3.35. The maximum absolute atomic E-state index is 9.91. The van der Waals surface area contributed by atoms with E-state index in [1.54, 1.807) is 0 Å². The summed E-state index contributed by atoms with van der Waals surface area (Å²) < 4.78 is 0. The number of hydrogen-bond acceptors (Lipinski definition) is 3. The van der Waals surface area contributed by atoms with E-state index in [0.717, 1.165) is 18.1 Å². The third-order valence-electron chi connectivity index (χ3n) is 2.39. The fourth-order valence-electron chi connectivity index (χ4n) is 0.857. The zero-order chi connectivity index (χ0) is 11.0.